The first-order valence-corrected chi connectivity index (χ1v) is 13.1. The smallest absolute Gasteiger partial charge is 0.251 e. The van der Waals surface area contributed by atoms with Gasteiger partial charge in [0, 0.05) is 40.8 Å². The van der Waals surface area contributed by atoms with E-state index >= 15 is 0 Å². The second-order valence-corrected chi connectivity index (χ2v) is 11.3. The molecular weight excluding hydrogens is 480 g/mol. The van der Waals surface area contributed by atoms with Crippen LogP contribution < -0.4 is 15.5 Å². The van der Waals surface area contributed by atoms with Crippen LogP contribution in [0.4, 0.5) is 0 Å². The van der Waals surface area contributed by atoms with Gasteiger partial charge in [-0.2, -0.15) is 0 Å². The second-order valence-electron chi connectivity index (χ2n) is 11.3. The lowest BCUT2D eigenvalue weighted by molar-refractivity contribution is -0.131. The average molecular weight is 519 g/mol. The van der Waals surface area contributed by atoms with E-state index < -0.39 is 11.4 Å². The number of para-hydroxylation sites is 1. The van der Waals surface area contributed by atoms with Crippen molar-refractivity contribution in [2.75, 3.05) is 13.1 Å². The van der Waals surface area contributed by atoms with Gasteiger partial charge in [-0.1, -0.05) is 18.2 Å². The van der Waals surface area contributed by atoms with Gasteiger partial charge in [0.2, 0.25) is 5.91 Å². The topological polar surface area (TPSA) is 104 Å². The summed E-state index contributed by atoms with van der Waals surface area (Å²) in [6.45, 7) is 11.9. The third-order valence-electron chi connectivity index (χ3n) is 7.42. The van der Waals surface area contributed by atoms with Crippen LogP contribution in [0.3, 0.4) is 0 Å². The number of pyridine rings is 1. The summed E-state index contributed by atoms with van der Waals surface area (Å²) in [7, 11) is 0. The molecule has 1 unspecified atom stereocenters. The fraction of sp³-hybridized carbons (Fsp3) is 0.433. The lowest BCUT2D eigenvalue weighted by atomic mass is 9.82. The molecule has 1 aliphatic heterocycles. The normalized spacial score (nSPS) is 16.6. The number of aromatic nitrogens is 1. The van der Waals surface area contributed by atoms with Gasteiger partial charge in [0.15, 0.2) is 0 Å². The lowest BCUT2D eigenvalue weighted by Crippen LogP contribution is -2.59. The Balaban J connectivity index is 1.46. The van der Waals surface area contributed by atoms with Crippen molar-refractivity contribution in [2.45, 2.75) is 71.1 Å². The Morgan fingerprint density at radius 3 is 2.39 bits per heavy atom. The quantitative estimate of drug-likeness (QED) is 0.302. The van der Waals surface area contributed by atoms with Crippen molar-refractivity contribution in [3.05, 3.63) is 71.4 Å². The van der Waals surface area contributed by atoms with E-state index in [0.29, 0.717) is 24.2 Å². The molecule has 1 aliphatic rings. The summed E-state index contributed by atoms with van der Waals surface area (Å²) in [5.74, 6) is -0.109. The molecule has 0 radical (unpaired) electrons. The average Bonchev–Trinajstić information content (AvgIpc) is 2.88. The predicted octanol–water partition coefficient (Wildman–Crippen LogP) is 4.94. The maximum atomic E-state index is 13.2. The maximum absolute atomic E-state index is 13.2. The molecule has 2 amide bonds. The van der Waals surface area contributed by atoms with Gasteiger partial charge < -0.3 is 10.1 Å². The Morgan fingerprint density at radius 1 is 1.11 bits per heavy atom. The molecule has 0 saturated carbocycles. The van der Waals surface area contributed by atoms with E-state index in [2.05, 4.69) is 36.0 Å². The number of carbonyl (C=O) groups excluding carboxylic acids is 2. The first kappa shape index (κ1) is 27.5. The number of hydroxylamine groups is 1. The van der Waals surface area contributed by atoms with Crippen molar-refractivity contribution >= 4 is 22.7 Å². The van der Waals surface area contributed by atoms with Crippen LogP contribution in [0, 0.1) is 6.92 Å². The molecule has 2 aromatic carbocycles. The number of fused-ring (bicyclic) bond motifs is 1. The monoisotopic (exact) mass is 518 g/mol. The molecular formula is C30H38N4O4. The number of rotatable bonds is 7. The van der Waals surface area contributed by atoms with Gasteiger partial charge in [-0.3, -0.25) is 24.7 Å². The van der Waals surface area contributed by atoms with E-state index in [0.717, 1.165) is 35.2 Å². The Labute approximate surface area is 224 Å². The van der Waals surface area contributed by atoms with E-state index in [1.165, 1.54) is 0 Å². The molecule has 1 atom stereocenters. The molecule has 1 saturated heterocycles. The third kappa shape index (κ3) is 6.31. The number of nitrogens with zero attached hydrogens (tertiary/aromatic N) is 2. The van der Waals surface area contributed by atoms with Crippen LogP contribution >= 0.6 is 0 Å². The highest BCUT2D eigenvalue weighted by molar-refractivity contribution is 5.95. The summed E-state index contributed by atoms with van der Waals surface area (Å²) < 4.78 is 6.23. The Bertz CT molecular complexity index is 1290. The Morgan fingerprint density at radius 2 is 1.76 bits per heavy atom. The highest BCUT2D eigenvalue weighted by atomic mass is 16.5. The predicted molar refractivity (Wildman–Crippen MR) is 147 cm³/mol. The minimum absolute atomic E-state index is 0.00359. The highest BCUT2D eigenvalue weighted by Gasteiger charge is 2.40. The van der Waals surface area contributed by atoms with Crippen LogP contribution in [0.15, 0.2) is 54.6 Å². The number of benzene rings is 2. The van der Waals surface area contributed by atoms with Crippen LogP contribution in [0.1, 0.15) is 74.7 Å². The fourth-order valence-electron chi connectivity index (χ4n) is 5.24. The SMILES string of the molecule is Cc1cc(C(C)Oc2ccc(C(=O)NC3(CC(=O)NO)CCN(C(C)(C)C)CC3)cc2)c2ccccc2n1. The molecule has 8 nitrogen and oxygen atoms in total. The summed E-state index contributed by atoms with van der Waals surface area (Å²) in [5.41, 5.74) is 4.40. The molecule has 1 fully saturated rings. The second kappa shape index (κ2) is 11.1. The van der Waals surface area contributed by atoms with Gasteiger partial charge in [0.25, 0.3) is 5.91 Å². The van der Waals surface area contributed by atoms with Gasteiger partial charge in [0.05, 0.1) is 17.5 Å². The Hall–Kier alpha value is -3.49. The molecule has 4 rings (SSSR count). The maximum Gasteiger partial charge on any atom is 0.251 e. The number of aryl methyl sites for hydroxylation is 1. The van der Waals surface area contributed by atoms with Crippen LogP contribution in [0.2, 0.25) is 0 Å². The molecule has 1 aromatic heterocycles. The Kier molecular flexibility index (Phi) is 8.04. The van der Waals surface area contributed by atoms with Crippen molar-refractivity contribution in [1.29, 1.82) is 0 Å². The summed E-state index contributed by atoms with van der Waals surface area (Å²) in [5, 5.41) is 13.3. The van der Waals surface area contributed by atoms with Crippen LogP contribution in [-0.2, 0) is 4.79 Å². The number of nitrogens with one attached hydrogen (secondary N) is 2. The van der Waals surface area contributed by atoms with Crippen molar-refractivity contribution in [1.82, 2.24) is 20.7 Å². The van der Waals surface area contributed by atoms with E-state index in [1.54, 1.807) is 29.7 Å². The largest absolute Gasteiger partial charge is 0.486 e. The summed E-state index contributed by atoms with van der Waals surface area (Å²) >= 11 is 0. The molecule has 0 bridgehead atoms. The minimum atomic E-state index is -0.727. The number of hydrogen-bond acceptors (Lipinski definition) is 6. The number of hydrogen-bond donors (Lipinski definition) is 3. The number of likely N-dealkylation sites (tertiary alicyclic amines) is 1. The molecule has 0 aliphatic carbocycles. The van der Waals surface area contributed by atoms with Crippen LogP contribution in [0.5, 0.6) is 5.75 Å². The van der Waals surface area contributed by atoms with Gasteiger partial charge in [0.1, 0.15) is 11.9 Å². The van der Waals surface area contributed by atoms with Gasteiger partial charge >= 0.3 is 0 Å². The lowest BCUT2D eigenvalue weighted by Gasteiger charge is -2.46. The van der Waals surface area contributed by atoms with Crippen LogP contribution in [0.25, 0.3) is 10.9 Å². The van der Waals surface area contributed by atoms with E-state index in [1.807, 2.05) is 44.2 Å². The zero-order valence-corrected chi connectivity index (χ0v) is 22.9. The van der Waals surface area contributed by atoms with Gasteiger partial charge in [-0.05, 0) is 83.9 Å². The van der Waals surface area contributed by atoms with Gasteiger partial charge in [-0.15, -0.1) is 0 Å². The first-order valence-electron chi connectivity index (χ1n) is 13.1. The van der Waals surface area contributed by atoms with Crippen molar-refractivity contribution in [3.8, 4) is 5.75 Å². The standard InChI is InChI=1S/C30H38N4O4/c1-20-18-25(24-8-6-7-9-26(24)31-20)21(2)38-23-12-10-22(11-13-23)28(36)32-30(19-27(35)33-37)14-16-34(17-15-30)29(3,4)5/h6-13,18,21,37H,14-17,19H2,1-5H3,(H,32,36)(H,33,35). The summed E-state index contributed by atoms with van der Waals surface area (Å²) in [6.07, 6.45) is 1.03. The number of ether oxygens (including phenoxy) is 1. The van der Waals surface area contributed by atoms with Crippen LogP contribution in [-0.4, -0.2) is 51.1 Å². The molecule has 38 heavy (non-hydrogen) atoms. The summed E-state index contributed by atoms with van der Waals surface area (Å²) in [4.78, 5) is 32.3. The zero-order valence-electron chi connectivity index (χ0n) is 22.9. The van der Waals surface area contributed by atoms with Gasteiger partial charge in [-0.25, -0.2) is 5.48 Å². The molecule has 3 aromatic rings. The summed E-state index contributed by atoms with van der Waals surface area (Å²) in [6, 6.07) is 17.1. The highest BCUT2D eigenvalue weighted by Crippen LogP contribution is 2.31. The zero-order chi connectivity index (χ0) is 27.5. The van der Waals surface area contributed by atoms with E-state index in [4.69, 9.17) is 9.94 Å². The third-order valence-corrected chi connectivity index (χ3v) is 7.42. The molecule has 2 heterocycles. The molecule has 202 valence electrons. The number of carbonyl (C=O) groups is 2. The van der Waals surface area contributed by atoms with E-state index in [9.17, 15) is 9.59 Å². The first-order chi connectivity index (χ1) is 18.0. The molecule has 3 N–H and O–H groups in total. The molecule has 0 spiro atoms. The van der Waals surface area contributed by atoms with Crippen molar-refractivity contribution in [3.63, 3.8) is 0 Å². The number of amides is 2. The van der Waals surface area contributed by atoms with Crippen molar-refractivity contribution in [2.24, 2.45) is 0 Å². The molecule has 8 heteroatoms. The number of piperidine rings is 1. The fourth-order valence-corrected chi connectivity index (χ4v) is 5.24. The minimum Gasteiger partial charge on any atom is -0.486 e. The van der Waals surface area contributed by atoms with E-state index in [-0.39, 0.29) is 24.0 Å². The van der Waals surface area contributed by atoms with Crippen molar-refractivity contribution < 1.29 is 19.5 Å².